The van der Waals surface area contributed by atoms with Gasteiger partial charge in [-0.05, 0) is 35.0 Å². The third-order valence-corrected chi connectivity index (χ3v) is 5.42. The van der Waals surface area contributed by atoms with Gasteiger partial charge in [-0.2, -0.15) is 0 Å². The Morgan fingerprint density at radius 2 is 1.53 bits per heavy atom. The Hall–Kier alpha value is -1.29. The largest absolute Gasteiger partial charge is 0.280 e. The van der Waals surface area contributed by atoms with E-state index in [4.69, 9.17) is 11.6 Å². The van der Waals surface area contributed by atoms with Gasteiger partial charge in [0.2, 0.25) is 5.12 Å². The zero-order chi connectivity index (χ0) is 13.2. The fraction of sp³-hybridized carbons (Fsp3) is 0. The molecule has 0 unspecified atom stereocenters. The first-order chi connectivity index (χ1) is 9.24. The molecule has 0 radical (unpaired) electrons. The van der Waals surface area contributed by atoms with Crippen LogP contribution in [0.4, 0.5) is 0 Å². The van der Waals surface area contributed by atoms with Crippen LogP contribution < -0.4 is 0 Å². The third kappa shape index (κ3) is 2.68. The van der Waals surface area contributed by atoms with Crippen molar-refractivity contribution in [1.29, 1.82) is 0 Å². The minimum Gasteiger partial charge on any atom is -0.280 e. The molecule has 1 heterocycles. The maximum Gasteiger partial charge on any atom is 0.235 e. The summed E-state index contributed by atoms with van der Waals surface area (Å²) in [4.78, 5) is 12.9. The molecule has 0 bridgehead atoms. The molecular weight excluding hydrogens is 296 g/mol. The van der Waals surface area contributed by atoms with Crippen LogP contribution in [0, 0.1) is 0 Å². The molecule has 0 amide bonds. The van der Waals surface area contributed by atoms with E-state index in [1.54, 1.807) is 0 Å². The van der Waals surface area contributed by atoms with Gasteiger partial charge in [0.25, 0.3) is 0 Å². The molecule has 0 N–H and O–H groups in total. The first-order valence-corrected chi connectivity index (χ1v) is 7.70. The molecule has 2 aromatic rings. The Morgan fingerprint density at radius 1 is 0.842 bits per heavy atom. The zero-order valence-electron chi connectivity index (χ0n) is 9.80. The number of benzene rings is 2. The highest BCUT2D eigenvalue weighted by Gasteiger charge is 2.22. The van der Waals surface area contributed by atoms with Crippen LogP contribution in [0.3, 0.4) is 0 Å². The minimum atomic E-state index is 0.103. The van der Waals surface area contributed by atoms with Crippen LogP contribution in [0.2, 0.25) is 5.02 Å². The molecule has 2 aromatic carbocycles. The highest BCUT2D eigenvalue weighted by Crippen LogP contribution is 2.26. The first-order valence-electron chi connectivity index (χ1n) is 5.69. The fourth-order valence-electron chi connectivity index (χ4n) is 1.76. The van der Waals surface area contributed by atoms with Crippen LogP contribution in [-0.4, -0.2) is 14.2 Å². The lowest BCUT2D eigenvalue weighted by Crippen LogP contribution is -2.06. The van der Waals surface area contributed by atoms with E-state index in [9.17, 15) is 4.79 Å². The number of halogens is 1. The zero-order valence-corrected chi connectivity index (χ0v) is 12.2. The van der Waals surface area contributed by atoms with E-state index in [1.807, 2.05) is 54.6 Å². The van der Waals surface area contributed by atoms with Crippen molar-refractivity contribution in [2.75, 3.05) is 0 Å². The van der Waals surface area contributed by atoms with Crippen LogP contribution >= 0.6 is 34.3 Å². The average Bonchev–Trinajstić information content (AvgIpc) is 2.83. The lowest BCUT2D eigenvalue weighted by atomic mass is 10.2. The fourth-order valence-corrected chi connectivity index (χ4v) is 4.19. The van der Waals surface area contributed by atoms with Gasteiger partial charge in [0.15, 0.2) is 0 Å². The standard InChI is InChI=1S/C15H9ClOS2/c16-12-8-6-10(7-9-12)13-14(17)19-15(18-13)11-4-2-1-3-5-11/h1-9H. The van der Waals surface area contributed by atoms with Crippen molar-refractivity contribution in [3.05, 3.63) is 70.7 Å². The number of thioether (sulfide) groups is 1. The molecule has 3 rings (SSSR count). The smallest absolute Gasteiger partial charge is 0.235 e. The van der Waals surface area contributed by atoms with E-state index in [0.29, 0.717) is 5.02 Å². The Bertz CT molecular complexity index is 699. The molecule has 1 aliphatic rings. The summed E-state index contributed by atoms with van der Waals surface area (Å²) in [5.41, 5.74) is 2.02. The molecule has 19 heavy (non-hydrogen) atoms. The van der Waals surface area contributed by atoms with Crippen LogP contribution in [0.1, 0.15) is 11.1 Å². The summed E-state index contributed by atoms with van der Waals surface area (Å²) in [6.07, 6.45) is 0. The topological polar surface area (TPSA) is 17.1 Å². The highest BCUT2D eigenvalue weighted by atomic mass is 35.5. The molecule has 1 nitrogen and oxygen atoms in total. The summed E-state index contributed by atoms with van der Waals surface area (Å²) in [5, 5.41) is 0.783. The number of hydrogen-bond donors (Lipinski definition) is 0. The van der Waals surface area contributed by atoms with Crippen molar-refractivity contribution in [1.82, 2.24) is 0 Å². The molecule has 4 heteroatoms. The first kappa shape index (κ1) is 12.7. The highest BCUT2D eigenvalue weighted by molar-refractivity contribution is 8.41. The van der Waals surface area contributed by atoms with Crippen molar-refractivity contribution < 1.29 is 4.79 Å². The van der Waals surface area contributed by atoms with Gasteiger partial charge in [-0.3, -0.25) is 4.79 Å². The number of carbonyl (C=O) groups is 1. The van der Waals surface area contributed by atoms with Crippen molar-refractivity contribution >= 4 is 48.5 Å². The van der Waals surface area contributed by atoms with Gasteiger partial charge in [-0.1, -0.05) is 54.1 Å². The van der Waals surface area contributed by atoms with Crippen molar-refractivity contribution in [2.24, 2.45) is 0 Å². The quantitative estimate of drug-likeness (QED) is 0.779. The Morgan fingerprint density at radius 3 is 2.21 bits per heavy atom. The van der Waals surface area contributed by atoms with Crippen LogP contribution in [0.25, 0.3) is 0 Å². The summed E-state index contributed by atoms with van der Waals surface area (Å²) in [6.45, 7) is 0. The Labute approximate surface area is 124 Å². The predicted octanol–water partition coefficient (Wildman–Crippen LogP) is 4.05. The summed E-state index contributed by atoms with van der Waals surface area (Å²) in [7, 11) is 1.53. The molecule has 1 aliphatic heterocycles. The van der Waals surface area contributed by atoms with E-state index in [2.05, 4.69) is 0 Å². The van der Waals surface area contributed by atoms with Gasteiger partial charge < -0.3 is 0 Å². The summed E-state index contributed by atoms with van der Waals surface area (Å²) >= 11 is 7.16. The summed E-state index contributed by atoms with van der Waals surface area (Å²) in [5.74, 6) is 0. The normalized spacial score (nSPS) is 14.7. The molecule has 0 saturated heterocycles. The van der Waals surface area contributed by atoms with Crippen LogP contribution in [0.5, 0.6) is 0 Å². The third-order valence-electron chi connectivity index (χ3n) is 2.68. The second-order valence-corrected chi connectivity index (χ2v) is 6.68. The average molecular weight is 305 g/mol. The molecular formula is C15H9ClOS2. The lowest BCUT2D eigenvalue weighted by Gasteiger charge is -1.99. The molecule has 0 spiro atoms. The summed E-state index contributed by atoms with van der Waals surface area (Å²) in [6, 6.07) is 17.4. The van der Waals surface area contributed by atoms with Gasteiger partial charge >= 0.3 is 0 Å². The van der Waals surface area contributed by atoms with Gasteiger partial charge in [-0.15, -0.1) is 10.9 Å². The molecule has 94 valence electrons. The maximum atomic E-state index is 12.1. The maximum absolute atomic E-state index is 12.1. The second-order valence-electron chi connectivity index (χ2n) is 3.98. The number of carbonyl (C=O) groups excluding carboxylic acids is 1. The van der Waals surface area contributed by atoms with Gasteiger partial charge in [0.05, 0.1) is 9.06 Å². The molecule has 0 fully saturated rings. The SMILES string of the molecule is O=C1SC(c2ccccc2)=S=C1c1ccc(Cl)cc1. The van der Waals surface area contributed by atoms with Crippen LogP contribution in [0.15, 0.2) is 54.6 Å². The Kier molecular flexibility index (Phi) is 3.60. The van der Waals surface area contributed by atoms with Crippen molar-refractivity contribution in [3.63, 3.8) is 0 Å². The van der Waals surface area contributed by atoms with Crippen LogP contribution in [-0.2, 0) is 4.79 Å². The lowest BCUT2D eigenvalue weighted by molar-refractivity contribution is -0.105. The predicted molar refractivity (Wildman–Crippen MR) is 86.3 cm³/mol. The van der Waals surface area contributed by atoms with E-state index < -0.39 is 0 Å². The molecule has 0 saturated carbocycles. The van der Waals surface area contributed by atoms with Gasteiger partial charge in [0.1, 0.15) is 0 Å². The number of rotatable bonds is 2. The van der Waals surface area contributed by atoms with E-state index >= 15 is 0 Å². The van der Waals surface area contributed by atoms with Gasteiger partial charge in [-0.25, -0.2) is 0 Å². The second kappa shape index (κ2) is 5.37. The summed E-state index contributed by atoms with van der Waals surface area (Å²) < 4.78 is 1.04. The minimum absolute atomic E-state index is 0.103. The monoisotopic (exact) mass is 304 g/mol. The van der Waals surface area contributed by atoms with E-state index in [-0.39, 0.29) is 5.12 Å². The van der Waals surface area contributed by atoms with Gasteiger partial charge in [0, 0.05) is 5.02 Å². The van der Waals surface area contributed by atoms with E-state index in [1.165, 1.54) is 22.7 Å². The van der Waals surface area contributed by atoms with Crippen molar-refractivity contribution in [2.45, 2.75) is 0 Å². The number of hydrogen-bond acceptors (Lipinski definition) is 2. The molecule has 0 atom stereocenters. The van der Waals surface area contributed by atoms with Crippen molar-refractivity contribution in [3.8, 4) is 0 Å². The Balaban J connectivity index is 2.07. The van der Waals surface area contributed by atoms with E-state index in [0.717, 1.165) is 20.2 Å². The molecule has 0 aromatic heterocycles. The molecule has 0 aliphatic carbocycles.